The topological polar surface area (TPSA) is 55.2 Å². The molecule has 0 amide bonds. The molecule has 1 heterocycles. The van der Waals surface area contributed by atoms with Crippen molar-refractivity contribution in [2.45, 2.75) is 36.8 Å². The number of hydrogen-bond acceptors (Lipinski definition) is 3. The van der Waals surface area contributed by atoms with E-state index >= 15 is 0 Å². The Morgan fingerprint density at radius 2 is 2.27 bits per heavy atom. The third-order valence-electron chi connectivity index (χ3n) is 1.95. The van der Waals surface area contributed by atoms with Crippen LogP contribution in [-0.4, -0.2) is 22.0 Å². The molecule has 0 aromatic heterocycles. The fourth-order valence-electron chi connectivity index (χ4n) is 1.25. The molecule has 1 N–H and O–H groups in total. The first-order chi connectivity index (χ1) is 5.11. The monoisotopic (exact) mass is 222 g/mol. The van der Waals surface area contributed by atoms with E-state index in [9.17, 15) is 10.1 Å². The van der Waals surface area contributed by atoms with Crippen LogP contribution in [0.3, 0.4) is 0 Å². The summed E-state index contributed by atoms with van der Waals surface area (Å²) in [6.45, 7) is 2.03. The van der Waals surface area contributed by atoms with E-state index in [0.29, 0.717) is 12.5 Å². The van der Waals surface area contributed by atoms with E-state index in [0.717, 1.165) is 6.42 Å². The van der Waals surface area contributed by atoms with Crippen molar-refractivity contribution in [3.8, 4) is 0 Å². The van der Waals surface area contributed by atoms with Gasteiger partial charge in [0.25, 0.3) is 0 Å². The number of rotatable bonds is 1. The van der Waals surface area contributed by atoms with Crippen LogP contribution in [0.1, 0.15) is 19.8 Å². The highest BCUT2D eigenvalue weighted by Gasteiger charge is 2.34. The van der Waals surface area contributed by atoms with Crippen LogP contribution in [0.4, 0.5) is 0 Å². The van der Waals surface area contributed by atoms with Crippen LogP contribution in [0.2, 0.25) is 0 Å². The largest absolute Gasteiger partial charge is 0.297 e. The maximum absolute atomic E-state index is 10.4. The summed E-state index contributed by atoms with van der Waals surface area (Å²) < 4.78 is 0. The van der Waals surface area contributed by atoms with Gasteiger partial charge in [0.1, 0.15) is 4.95 Å². The van der Waals surface area contributed by atoms with E-state index in [2.05, 4.69) is 21.2 Å². The van der Waals surface area contributed by atoms with E-state index in [-0.39, 0.29) is 9.87 Å². The van der Waals surface area contributed by atoms with Gasteiger partial charge in [-0.1, -0.05) is 15.9 Å². The number of nitrogens with one attached hydrogen (secondary N) is 1. The van der Waals surface area contributed by atoms with Crippen LogP contribution in [0, 0.1) is 10.1 Å². The molecule has 1 fully saturated rings. The summed E-state index contributed by atoms with van der Waals surface area (Å²) in [7, 11) is 0. The Labute approximate surface area is 73.6 Å². The van der Waals surface area contributed by atoms with E-state index in [4.69, 9.17) is 0 Å². The van der Waals surface area contributed by atoms with Crippen LogP contribution in [0.15, 0.2) is 0 Å². The van der Waals surface area contributed by atoms with Gasteiger partial charge in [0.15, 0.2) is 0 Å². The summed E-state index contributed by atoms with van der Waals surface area (Å²) >= 11 is 3.24. The first-order valence-corrected chi connectivity index (χ1v) is 4.56. The van der Waals surface area contributed by atoms with Crippen LogP contribution >= 0.6 is 15.9 Å². The zero-order valence-corrected chi connectivity index (χ0v) is 7.87. The zero-order chi connectivity index (χ0) is 8.43. The molecule has 5 heteroatoms. The second-order valence-corrected chi connectivity index (χ2v) is 3.89. The summed E-state index contributed by atoms with van der Waals surface area (Å²) in [6.07, 6.45) is 1.55. The third kappa shape index (κ3) is 2.13. The first-order valence-electron chi connectivity index (χ1n) is 3.65. The number of halogens is 1. The molecule has 11 heavy (non-hydrogen) atoms. The molecule has 4 nitrogen and oxygen atoms in total. The minimum atomic E-state index is -0.466. The summed E-state index contributed by atoms with van der Waals surface area (Å²) in [5.74, 6) is 0. The number of nitro groups is 1. The van der Waals surface area contributed by atoms with Gasteiger partial charge in [-0.2, -0.15) is 0 Å². The van der Waals surface area contributed by atoms with Crippen molar-refractivity contribution in [2.75, 3.05) is 0 Å². The van der Waals surface area contributed by atoms with Gasteiger partial charge in [-0.25, -0.2) is 0 Å². The van der Waals surface area contributed by atoms with Crippen molar-refractivity contribution >= 4 is 15.9 Å². The van der Waals surface area contributed by atoms with Crippen molar-refractivity contribution in [3.05, 3.63) is 10.1 Å². The lowest BCUT2D eigenvalue weighted by atomic mass is 10.0. The van der Waals surface area contributed by atoms with Gasteiger partial charge in [0.2, 0.25) is 6.04 Å². The molecule has 0 aromatic carbocycles. The van der Waals surface area contributed by atoms with Gasteiger partial charge < -0.3 is 0 Å². The molecule has 64 valence electrons. The highest BCUT2D eigenvalue weighted by Crippen LogP contribution is 2.19. The molecule has 0 saturated carbocycles. The predicted molar refractivity (Wildman–Crippen MR) is 45.3 cm³/mol. The van der Waals surface area contributed by atoms with Crippen LogP contribution in [-0.2, 0) is 0 Å². The highest BCUT2D eigenvalue weighted by atomic mass is 79.9. The van der Waals surface area contributed by atoms with Gasteiger partial charge in [0.05, 0.1) is 0 Å². The predicted octanol–water partition coefficient (Wildman–Crippen LogP) is 1.12. The Morgan fingerprint density at radius 1 is 1.64 bits per heavy atom. The first kappa shape index (κ1) is 8.93. The average Bonchev–Trinajstić information content (AvgIpc) is 1.85. The second kappa shape index (κ2) is 3.49. The van der Waals surface area contributed by atoms with Crippen molar-refractivity contribution < 1.29 is 4.92 Å². The van der Waals surface area contributed by atoms with E-state index in [1.54, 1.807) is 0 Å². The lowest BCUT2D eigenvalue weighted by molar-refractivity contribution is -0.525. The molecule has 0 bridgehead atoms. The second-order valence-electron chi connectivity index (χ2n) is 2.90. The van der Waals surface area contributed by atoms with Crippen molar-refractivity contribution in [3.63, 3.8) is 0 Å². The lowest BCUT2D eigenvalue weighted by Crippen LogP contribution is -2.48. The molecule has 0 radical (unpaired) electrons. The highest BCUT2D eigenvalue weighted by molar-refractivity contribution is 9.09. The van der Waals surface area contributed by atoms with Gasteiger partial charge >= 0.3 is 0 Å². The number of hydrogen-bond donors (Lipinski definition) is 1. The molecule has 1 saturated heterocycles. The number of nitrogens with zero attached hydrogens (tertiary/aromatic N) is 1. The summed E-state index contributed by atoms with van der Waals surface area (Å²) in [5, 5.41) is 13.5. The maximum Gasteiger partial charge on any atom is 0.238 e. The van der Waals surface area contributed by atoms with E-state index < -0.39 is 6.04 Å². The van der Waals surface area contributed by atoms with Crippen LogP contribution in [0.5, 0.6) is 0 Å². The molecule has 3 unspecified atom stereocenters. The fourth-order valence-corrected chi connectivity index (χ4v) is 2.15. The summed E-state index contributed by atoms with van der Waals surface area (Å²) in [4.78, 5) is 10.0. The number of alkyl halides is 1. The van der Waals surface area contributed by atoms with Crippen molar-refractivity contribution in [1.29, 1.82) is 0 Å². The Morgan fingerprint density at radius 3 is 2.73 bits per heavy atom. The Kier molecular flexibility index (Phi) is 2.84. The minimum Gasteiger partial charge on any atom is -0.297 e. The fraction of sp³-hybridized carbons (Fsp3) is 1.00. The summed E-state index contributed by atoms with van der Waals surface area (Å²) in [6, 6.07) is -0.0817. The van der Waals surface area contributed by atoms with Crippen LogP contribution in [0.25, 0.3) is 0 Å². The Balaban J connectivity index is 2.50. The SMILES string of the molecule is CC1CCC([N+](=O)[O-])C(Br)N1. The molecule has 1 aliphatic heterocycles. The Hall–Kier alpha value is -0.160. The van der Waals surface area contributed by atoms with Crippen LogP contribution < -0.4 is 5.32 Å². The molecular weight excluding hydrogens is 212 g/mol. The Bertz CT molecular complexity index is 165. The smallest absolute Gasteiger partial charge is 0.238 e. The van der Waals surface area contributed by atoms with E-state index in [1.807, 2.05) is 6.92 Å². The van der Waals surface area contributed by atoms with Gasteiger partial charge in [0, 0.05) is 17.4 Å². The number of piperidine rings is 1. The van der Waals surface area contributed by atoms with Gasteiger partial charge in [-0.15, -0.1) is 0 Å². The minimum absolute atomic E-state index is 0.166. The molecule has 1 rings (SSSR count). The molecule has 0 aliphatic carbocycles. The lowest BCUT2D eigenvalue weighted by Gasteiger charge is -2.27. The molecule has 0 aromatic rings. The molecule has 0 spiro atoms. The molecule has 3 atom stereocenters. The summed E-state index contributed by atoms with van der Waals surface area (Å²) in [5.41, 5.74) is 0. The molecule has 1 aliphatic rings. The maximum atomic E-state index is 10.4. The van der Waals surface area contributed by atoms with Crippen molar-refractivity contribution in [2.24, 2.45) is 0 Å². The standard InChI is InChI=1S/C6H11BrN2O2/c1-4-2-3-5(9(10)11)6(7)8-4/h4-6,8H,2-3H2,1H3. The zero-order valence-electron chi connectivity index (χ0n) is 6.29. The van der Waals surface area contributed by atoms with Gasteiger partial charge in [-0.3, -0.25) is 15.4 Å². The van der Waals surface area contributed by atoms with Crippen molar-refractivity contribution in [1.82, 2.24) is 5.32 Å². The third-order valence-corrected chi connectivity index (χ3v) is 2.82. The molecular formula is C6H11BrN2O2. The van der Waals surface area contributed by atoms with Gasteiger partial charge in [-0.05, 0) is 13.3 Å². The quantitative estimate of drug-likeness (QED) is 0.313. The average molecular weight is 223 g/mol. The normalized spacial score (nSPS) is 38.5. The van der Waals surface area contributed by atoms with E-state index in [1.165, 1.54) is 0 Å².